The number of rotatable bonds is 6. The fourth-order valence-electron chi connectivity index (χ4n) is 6.96. The zero-order valence-electron chi connectivity index (χ0n) is 23.7. The molecule has 39 heavy (non-hydrogen) atoms. The fourth-order valence-corrected chi connectivity index (χ4v) is 7.32. The summed E-state index contributed by atoms with van der Waals surface area (Å²) < 4.78 is 0. The van der Waals surface area contributed by atoms with Crippen LogP contribution in [0.15, 0.2) is 30.3 Å². The Bertz CT molecular complexity index is 1100. The Hall–Kier alpha value is -2.12. The Kier molecular flexibility index (Phi) is 9.49. The van der Waals surface area contributed by atoms with Crippen LogP contribution in [0, 0.1) is 11.8 Å². The molecule has 1 aromatic carbocycles. The van der Waals surface area contributed by atoms with Gasteiger partial charge >= 0.3 is 0 Å². The number of anilines is 3. The molecule has 0 radical (unpaired) electrons. The minimum atomic E-state index is 0.0366. The fraction of sp³-hybridized carbons (Fsp3) is 0.645. The van der Waals surface area contributed by atoms with Crippen LogP contribution in [0.4, 0.5) is 17.6 Å². The average Bonchev–Trinajstić information content (AvgIpc) is 3.22. The van der Waals surface area contributed by atoms with E-state index in [0.717, 1.165) is 62.2 Å². The highest BCUT2D eigenvalue weighted by molar-refractivity contribution is 7.80. The molecule has 5 rings (SSSR count). The van der Waals surface area contributed by atoms with E-state index in [1.807, 2.05) is 6.07 Å². The largest absolute Gasteiger partial charge is 0.361 e. The van der Waals surface area contributed by atoms with Crippen LogP contribution in [0.3, 0.4) is 0 Å². The van der Waals surface area contributed by atoms with E-state index in [9.17, 15) is 0 Å². The van der Waals surface area contributed by atoms with Crippen LogP contribution in [-0.2, 0) is 5.41 Å². The summed E-state index contributed by atoms with van der Waals surface area (Å²) in [5.41, 5.74) is 1.34. The van der Waals surface area contributed by atoms with Crippen molar-refractivity contribution in [1.29, 1.82) is 0 Å². The SMILES string of the molecule is C[C@@H]1C[C@H](C)CN(c2cc(N3CCCCCC3)nc(NC(=S)NCC3(c4cccc(Cl)c4)CCCCC3)n2)C1. The summed E-state index contributed by atoms with van der Waals surface area (Å²) in [6, 6.07) is 10.6. The van der Waals surface area contributed by atoms with Gasteiger partial charge in [-0.05, 0) is 73.9 Å². The van der Waals surface area contributed by atoms with Gasteiger partial charge in [-0.25, -0.2) is 0 Å². The number of piperidine rings is 1. The van der Waals surface area contributed by atoms with Gasteiger partial charge < -0.3 is 20.4 Å². The molecule has 212 valence electrons. The van der Waals surface area contributed by atoms with Crippen molar-refractivity contribution in [1.82, 2.24) is 15.3 Å². The Morgan fingerprint density at radius 3 is 2.23 bits per heavy atom. The molecule has 0 amide bonds. The molecule has 6 nitrogen and oxygen atoms in total. The van der Waals surface area contributed by atoms with Crippen LogP contribution in [0.2, 0.25) is 5.02 Å². The molecule has 3 aliphatic rings. The van der Waals surface area contributed by atoms with Gasteiger partial charge in [0.1, 0.15) is 11.6 Å². The molecule has 1 aliphatic carbocycles. The van der Waals surface area contributed by atoms with Crippen molar-refractivity contribution < 1.29 is 0 Å². The second-order valence-corrected chi connectivity index (χ2v) is 13.2. The molecule has 2 atom stereocenters. The summed E-state index contributed by atoms with van der Waals surface area (Å²) in [6.45, 7) is 9.63. The normalized spacial score (nSPS) is 23.7. The summed E-state index contributed by atoms with van der Waals surface area (Å²) >= 11 is 12.2. The van der Waals surface area contributed by atoms with Crippen molar-refractivity contribution in [3.05, 3.63) is 40.9 Å². The third-order valence-electron chi connectivity index (χ3n) is 8.88. The summed E-state index contributed by atoms with van der Waals surface area (Å²) in [5, 5.41) is 8.31. The van der Waals surface area contributed by atoms with E-state index in [1.165, 1.54) is 56.9 Å². The smallest absolute Gasteiger partial charge is 0.232 e. The van der Waals surface area contributed by atoms with Crippen molar-refractivity contribution in [2.24, 2.45) is 11.8 Å². The highest BCUT2D eigenvalue weighted by atomic mass is 35.5. The van der Waals surface area contributed by atoms with Crippen LogP contribution < -0.4 is 20.4 Å². The van der Waals surface area contributed by atoms with Gasteiger partial charge in [0.2, 0.25) is 5.95 Å². The number of thiocarbonyl (C=S) groups is 1. The molecule has 8 heteroatoms. The minimum absolute atomic E-state index is 0.0366. The Morgan fingerprint density at radius 2 is 1.56 bits per heavy atom. The van der Waals surface area contributed by atoms with Crippen molar-refractivity contribution in [3.8, 4) is 0 Å². The third-order valence-corrected chi connectivity index (χ3v) is 9.36. The predicted octanol–water partition coefficient (Wildman–Crippen LogP) is 7.18. The van der Waals surface area contributed by atoms with Crippen LogP contribution in [0.1, 0.15) is 83.6 Å². The lowest BCUT2D eigenvalue weighted by molar-refractivity contribution is 0.292. The number of nitrogens with one attached hydrogen (secondary N) is 2. The van der Waals surface area contributed by atoms with Gasteiger partial charge in [-0.15, -0.1) is 0 Å². The lowest BCUT2D eigenvalue weighted by Crippen LogP contribution is -2.44. The van der Waals surface area contributed by atoms with Gasteiger partial charge in [0.15, 0.2) is 5.11 Å². The van der Waals surface area contributed by atoms with E-state index in [0.29, 0.717) is 22.9 Å². The molecule has 0 spiro atoms. The summed E-state index contributed by atoms with van der Waals surface area (Å²) in [5.74, 6) is 3.93. The topological polar surface area (TPSA) is 56.3 Å². The zero-order valence-corrected chi connectivity index (χ0v) is 25.3. The Morgan fingerprint density at radius 1 is 0.923 bits per heavy atom. The van der Waals surface area contributed by atoms with Crippen LogP contribution >= 0.6 is 23.8 Å². The molecule has 2 N–H and O–H groups in total. The summed E-state index contributed by atoms with van der Waals surface area (Å²) in [7, 11) is 0. The molecule has 0 bridgehead atoms. The van der Waals surface area contributed by atoms with E-state index in [2.05, 4.69) is 58.5 Å². The number of aromatic nitrogens is 2. The predicted molar refractivity (Wildman–Crippen MR) is 168 cm³/mol. The first-order valence-electron chi connectivity index (χ1n) is 15.1. The summed E-state index contributed by atoms with van der Waals surface area (Å²) in [6.07, 6.45) is 12.3. The quantitative estimate of drug-likeness (QED) is 0.358. The highest BCUT2D eigenvalue weighted by Crippen LogP contribution is 2.40. The zero-order chi connectivity index (χ0) is 27.2. The number of halogens is 1. The standard InChI is InChI=1S/C31H45ClN6S/c1-23-17-24(2)21-38(20-23)28-19-27(37-15-8-3-4-9-16-37)34-29(35-28)36-30(39)33-22-31(13-6-5-7-14-31)25-11-10-12-26(32)18-25/h10-12,18-19,23-24H,3-9,13-17,20-22H2,1-2H3,(H2,33,34,35,36,39)/t23-,24+. The van der Waals surface area contributed by atoms with Crippen LogP contribution in [-0.4, -0.2) is 47.8 Å². The van der Waals surface area contributed by atoms with Crippen LogP contribution in [0.5, 0.6) is 0 Å². The van der Waals surface area contributed by atoms with E-state index in [1.54, 1.807) is 0 Å². The van der Waals surface area contributed by atoms with Crippen LogP contribution in [0.25, 0.3) is 0 Å². The van der Waals surface area contributed by atoms with Gasteiger partial charge in [-0.1, -0.05) is 69.7 Å². The van der Waals surface area contributed by atoms with E-state index in [4.69, 9.17) is 33.8 Å². The molecule has 0 unspecified atom stereocenters. The maximum atomic E-state index is 6.40. The lowest BCUT2D eigenvalue weighted by Gasteiger charge is -2.38. The Labute approximate surface area is 245 Å². The van der Waals surface area contributed by atoms with Gasteiger partial charge in [0.05, 0.1) is 0 Å². The molecular formula is C31H45ClN6S. The first-order valence-corrected chi connectivity index (χ1v) is 15.9. The number of nitrogens with zero attached hydrogens (tertiary/aromatic N) is 4. The molecule has 1 saturated carbocycles. The average molecular weight is 569 g/mol. The minimum Gasteiger partial charge on any atom is -0.361 e. The molecule has 3 fully saturated rings. The first kappa shape index (κ1) is 28.4. The van der Waals surface area contributed by atoms with Gasteiger partial charge in [-0.3, -0.25) is 0 Å². The number of hydrogen-bond donors (Lipinski definition) is 2. The molecule has 1 aromatic heterocycles. The third kappa shape index (κ3) is 7.35. The monoisotopic (exact) mass is 568 g/mol. The molecule has 2 saturated heterocycles. The van der Waals surface area contributed by atoms with Gasteiger partial charge in [-0.2, -0.15) is 9.97 Å². The first-order chi connectivity index (χ1) is 18.9. The van der Waals surface area contributed by atoms with E-state index in [-0.39, 0.29) is 5.41 Å². The van der Waals surface area contributed by atoms with Gasteiger partial charge in [0, 0.05) is 49.2 Å². The molecule has 2 aliphatic heterocycles. The van der Waals surface area contributed by atoms with Gasteiger partial charge in [0.25, 0.3) is 0 Å². The van der Waals surface area contributed by atoms with Crippen molar-refractivity contribution in [2.45, 2.75) is 83.5 Å². The molecule has 3 heterocycles. The van der Waals surface area contributed by atoms with E-state index < -0.39 is 0 Å². The second kappa shape index (κ2) is 13.0. The molecule has 2 aromatic rings. The second-order valence-electron chi connectivity index (χ2n) is 12.3. The maximum Gasteiger partial charge on any atom is 0.232 e. The van der Waals surface area contributed by atoms with Crippen molar-refractivity contribution in [2.75, 3.05) is 47.8 Å². The number of benzene rings is 1. The van der Waals surface area contributed by atoms with Crippen molar-refractivity contribution >= 4 is 46.5 Å². The van der Waals surface area contributed by atoms with E-state index >= 15 is 0 Å². The lowest BCUT2D eigenvalue weighted by atomic mass is 9.69. The maximum absolute atomic E-state index is 6.40. The highest BCUT2D eigenvalue weighted by Gasteiger charge is 2.34. The summed E-state index contributed by atoms with van der Waals surface area (Å²) in [4.78, 5) is 14.9. The Balaban J connectivity index is 1.34. The number of hydrogen-bond acceptors (Lipinski definition) is 5. The van der Waals surface area contributed by atoms with Crippen molar-refractivity contribution in [3.63, 3.8) is 0 Å². The molecular weight excluding hydrogens is 524 g/mol.